The SMILES string of the molecule is CC(=O)N1N=C(c2cc(C(F)(F)F)n(-c3ccc(NC(=O)c4c(F)cccc4F)cn3)n2)OC1(C)C. The van der Waals surface area contributed by atoms with Crippen molar-refractivity contribution < 1.29 is 36.3 Å². The van der Waals surface area contributed by atoms with Crippen LogP contribution in [0, 0.1) is 11.6 Å². The molecule has 36 heavy (non-hydrogen) atoms. The molecule has 0 atom stereocenters. The van der Waals surface area contributed by atoms with Crippen LogP contribution in [0.4, 0.5) is 27.6 Å². The normalized spacial score (nSPS) is 14.9. The predicted molar refractivity (Wildman–Crippen MR) is 115 cm³/mol. The van der Waals surface area contributed by atoms with Gasteiger partial charge in [0.15, 0.2) is 11.5 Å². The zero-order chi connectivity index (χ0) is 26.4. The molecule has 0 unspecified atom stereocenters. The van der Waals surface area contributed by atoms with Gasteiger partial charge in [0, 0.05) is 13.0 Å². The maximum absolute atomic E-state index is 13.8. The van der Waals surface area contributed by atoms with Gasteiger partial charge in [-0.3, -0.25) is 9.59 Å². The number of hydrogen-bond acceptors (Lipinski definition) is 6. The van der Waals surface area contributed by atoms with Gasteiger partial charge in [0.25, 0.3) is 11.8 Å². The number of benzene rings is 1. The summed E-state index contributed by atoms with van der Waals surface area (Å²) in [7, 11) is 0. The van der Waals surface area contributed by atoms with Crippen LogP contribution in [-0.2, 0) is 15.7 Å². The van der Waals surface area contributed by atoms with Gasteiger partial charge in [0.2, 0.25) is 11.6 Å². The van der Waals surface area contributed by atoms with Crippen molar-refractivity contribution in [3.63, 3.8) is 0 Å². The Hall–Kier alpha value is -4.36. The van der Waals surface area contributed by atoms with E-state index in [1.54, 1.807) is 0 Å². The van der Waals surface area contributed by atoms with Crippen molar-refractivity contribution in [1.29, 1.82) is 0 Å². The number of anilines is 1. The largest absolute Gasteiger partial charge is 0.447 e. The van der Waals surface area contributed by atoms with Crippen LogP contribution < -0.4 is 5.32 Å². The van der Waals surface area contributed by atoms with Crippen molar-refractivity contribution in [3.8, 4) is 5.82 Å². The topological polar surface area (TPSA) is 102 Å². The van der Waals surface area contributed by atoms with E-state index in [1.807, 2.05) is 0 Å². The summed E-state index contributed by atoms with van der Waals surface area (Å²) in [6.45, 7) is 4.24. The first-order valence-electron chi connectivity index (χ1n) is 10.3. The lowest BCUT2D eigenvalue weighted by Gasteiger charge is -2.25. The Bertz CT molecular complexity index is 1360. The predicted octanol–water partition coefficient (Wildman–Crippen LogP) is 4.09. The minimum absolute atomic E-state index is 0.0327. The van der Waals surface area contributed by atoms with Crippen molar-refractivity contribution in [2.75, 3.05) is 5.32 Å². The Labute approximate surface area is 200 Å². The summed E-state index contributed by atoms with van der Waals surface area (Å²) in [6.07, 6.45) is -3.85. The third kappa shape index (κ3) is 4.61. The average Bonchev–Trinajstić information content (AvgIpc) is 3.35. The summed E-state index contributed by atoms with van der Waals surface area (Å²) in [5, 5.41) is 11.0. The number of aromatic nitrogens is 3. The highest BCUT2D eigenvalue weighted by Gasteiger charge is 2.42. The molecule has 0 spiro atoms. The van der Waals surface area contributed by atoms with Crippen LogP contribution in [0.15, 0.2) is 47.7 Å². The van der Waals surface area contributed by atoms with Gasteiger partial charge < -0.3 is 10.1 Å². The monoisotopic (exact) mass is 508 g/mol. The van der Waals surface area contributed by atoms with E-state index in [9.17, 15) is 31.5 Å². The molecule has 1 aromatic carbocycles. The second-order valence-corrected chi connectivity index (χ2v) is 8.07. The zero-order valence-electron chi connectivity index (χ0n) is 18.9. The Kier molecular flexibility index (Phi) is 5.98. The molecule has 0 aliphatic carbocycles. The standard InChI is InChI=1S/C22H17F5N6O3/c1-11(34)33-21(2,3)36-20(31-33)15-9-16(22(25,26)27)32(30-15)17-8-7-12(10-28-17)29-19(35)18-13(23)5-4-6-14(18)24/h4-10H,1-3H3,(H,29,35). The lowest BCUT2D eigenvalue weighted by molar-refractivity contribution is -0.143. The van der Waals surface area contributed by atoms with E-state index in [4.69, 9.17) is 4.74 Å². The van der Waals surface area contributed by atoms with Gasteiger partial charge in [-0.15, -0.1) is 5.10 Å². The first-order chi connectivity index (χ1) is 16.8. The van der Waals surface area contributed by atoms with Gasteiger partial charge in [0.1, 0.15) is 22.9 Å². The molecular weight excluding hydrogens is 491 g/mol. The molecule has 1 aliphatic rings. The highest BCUT2D eigenvalue weighted by atomic mass is 19.4. The molecule has 0 radical (unpaired) electrons. The number of ether oxygens (including phenoxy) is 1. The molecule has 2 amide bonds. The van der Waals surface area contributed by atoms with Crippen molar-refractivity contribution >= 4 is 23.4 Å². The van der Waals surface area contributed by atoms with Gasteiger partial charge in [0.05, 0.1) is 11.9 Å². The number of carbonyl (C=O) groups is 2. The molecule has 1 N–H and O–H groups in total. The van der Waals surface area contributed by atoms with Crippen LogP contribution in [0.2, 0.25) is 0 Å². The number of hydrazone groups is 1. The fraction of sp³-hybridized carbons (Fsp3) is 0.227. The highest BCUT2D eigenvalue weighted by molar-refractivity contribution is 6.04. The van der Waals surface area contributed by atoms with Crippen LogP contribution in [0.1, 0.15) is 42.5 Å². The molecule has 3 aromatic rings. The highest BCUT2D eigenvalue weighted by Crippen LogP contribution is 2.33. The smallest absolute Gasteiger partial charge is 0.433 e. The number of hydrogen-bond donors (Lipinski definition) is 1. The number of nitrogens with one attached hydrogen (secondary N) is 1. The average molecular weight is 508 g/mol. The Morgan fingerprint density at radius 2 is 1.75 bits per heavy atom. The number of carbonyl (C=O) groups excluding carboxylic acids is 2. The third-order valence-electron chi connectivity index (χ3n) is 4.98. The van der Waals surface area contributed by atoms with E-state index in [0.29, 0.717) is 10.7 Å². The first-order valence-corrected chi connectivity index (χ1v) is 10.3. The molecule has 188 valence electrons. The van der Waals surface area contributed by atoms with Gasteiger partial charge in [-0.1, -0.05) is 6.07 Å². The fourth-order valence-electron chi connectivity index (χ4n) is 3.42. The van der Waals surface area contributed by atoms with E-state index in [2.05, 4.69) is 20.5 Å². The number of pyridine rings is 1. The van der Waals surface area contributed by atoms with Gasteiger partial charge in [-0.25, -0.2) is 18.4 Å². The number of halogens is 5. The van der Waals surface area contributed by atoms with E-state index in [-0.39, 0.29) is 23.1 Å². The van der Waals surface area contributed by atoms with Crippen LogP contribution >= 0.6 is 0 Å². The Morgan fingerprint density at radius 3 is 2.28 bits per heavy atom. The van der Waals surface area contributed by atoms with Gasteiger partial charge >= 0.3 is 6.18 Å². The van der Waals surface area contributed by atoms with Gasteiger partial charge in [-0.05, 0) is 38.1 Å². The second kappa shape index (κ2) is 8.70. The van der Waals surface area contributed by atoms with Crippen molar-refractivity contribution in [1.82, 2.24) is 19.8 Å². The fourth-order valence-corrected chi connectivity index (χ4v) is 3.42. The summed E-state index contributed by atoms with van der Waals surface area (Å²) in [6, 6.07) is 5.89. The molecular formula is C22H17F5N6O3. The molecule has 0 saturated heterocycles. The summed E-state index contributed by atoms with van der Waals surface area (Å²) in [4.78, 5) is 27.9. The third-order valence-corrected chi connectivity index (χ3v) is 4.98. The lowest BCUT2D eigenvalue weighted by Crippen LogP contribution is -2.41. The summed E-state index contributed by atoms with van der Waals surface area (Å²) in [5.41, 5.74) is -3.60. The van der Waals surface area contributed by atoms with Crippen LogP contribution in [-0.4, -0.2) is 43.2 Å². The molecule has 0 bridgehead atoms. The summed E-state index contributed by atoms with van der Waals surface area (Å²) < 4.78 is 74.9. The molecule has 14 heteroatoms. The molecule has 0 fully saturated rings. The molecule has 0 saturated carbocycles. The second-order valence-electron chi connectivity index (χ2n) is 8.07. The minimum Gasteiger partial charge on any atom is -0.447 e. The summed E-state index contributed by atoms with van der Waals surface area (Å²) in [5.74, 6) is -4.34. The van der Waals surface area contributed by atoms with E-state index in [1.165, 1.54) is 26.8 Å². The van der Waals surface area contributed by atoms with E-state index >= 15 is 0 Å². The molecule has 3 heterocycles. The molecule has 1 aliphatic heterocycles. The van der Waals surface area contributed by atoms with Crippen LogP contribution in [0.5, 0.6) is 0 Å². The van der Waals surface area contributed by atoms with E-state index < -0.39 is 46.6 Å². The Morgan fingerprint density at radius 1 is 1.08 bits per heavy atom. The summed E-state index contributed by atoms with van der Waals surface area (Å²) >= 11 is 0. The lowest BCUT2D eigenvalue weighted by atomic mass is 10.2. The number of nitrogens with zero attached hydrogens (tertiary/aromatic N) is 5. The first kappa shape index (κ1) is 24.8. The number of rotatable bonds is 4. The van der Waals surface area contributed by atoms with Crippen molar-refractivity contribution in [2.24, 2.45) is 5.10 Å². The molecule has 2 aromatic heterocycles. The molecule has 4 rings (SSSR count). The Balaban J connectivity index is 1.65. The van der Waals surface area contributed by atoms with Crippen LogP contribution in [0.25, 0.3) is 5.82 Å². The number of alkyl halides is 3. The van der Waals surface area contributed by atoms with Crippen molar-refractivity contribution in [3.05, 3.63) is 71.2 Å². The molecule has 9 nitrogen and oxygen atoms in total. The zero-order valence-corrected chi connectivity index (χ0v) is 18.9. The van der Waals surface area contributed by atoms with Crippen LogP contribution in [0.3, 0.4) is 0 Å². The maximum Gasteiger partial charge on any atom is 0.433 e. The minimum atomic E-state index is -4.85. The van der Waals surface area contributed by atoms with E-state index in [0.717, 1.165) is 35.5 Å². The van der Waals surface area contributed by atoms with Crippen molar-refractivity contribution in [2.45, 2.75) is 32.7 Å². The quantitative estimate of drug-likeness (QED) is 0.535. The number of amides is 2. The van der Waals surface area contributed by atoms with Gasteiger partial charge in [-0.2, -0.15) is 23.3 Å². The maximum atomic E-state index is 13.8.